The second-order valence-electron chi connectivity index (χ2n) is 5.02. The molecule has 1 amide bonds. The van der Waals surface area contributed by atoms with Gasteiger partial charge in [-0.3, -0.25) is 4.79 Å². The number of fused-ring (bicyclic) bond motifs is 1. The topological polar surface area (TPSA) is 50.7 Å². The Morgan fingerprint density at radius 2 is 2.20 bits per heavy atom. The van der Waals surface area contributed by atoms with Gasteiger partial charge >= 0.3 is 0 Å². The molecule has 0 saturated heterocycles. The molecule has 2 aliphatic rings. The molecule has 0 unspecified atom stereocenters. The SMILES string of the molecule is O=C(COc1ccc(Br)cc1)N/N=C1/C[C@@H]2C=CC[C@@H]12. The van der Waals surface area contributed by atoms with Crippen LogP contribution in [0.15, 0.2) is 46.0 Å². The number of nitrogens with zero attached hydrogens (tertiary/aromatic N) is 1. The van der Waals surface area contributed by atoms with Crippen LogP contribution in [0.5, 0.6) is 5.75 Å². The minimum absolute atomic E-state index is 0.0231. The zero-order chi connectivity index (χ0) is 13.9. The quantitative estimate of drug-likeness (QED) is 0.679. The molecule has 3 rings (SSSR count). The van der Waals surface area contributed by atoms with E-state index in [0.29, 0.717) is 17.6 Å². The first-order valence-electron chi connectivity index (χ1n) is 6.63. The predicted molar refractivity (Wildman–Crippen MR) is 80.6 cm³/mol. The molecule has 4 nitrogen and oxygen atoms in total. The lowest BCUT2D eigenvalue weighted by Gasteiger charge is -2.31. The Bertz CT molecular complexity index is 566. The number of hydrogen-bond donors (Lipinski definition) is 1. The third-order valence-corrected chi connectivity index (χ3v) is 4.20. The summed E-state index contributed by atoms with van der Waals surface area (Å²) in [7, 11) is 0. The van der Waals surface area contributed by atoms with Gasteiger partial charge in [0, 0.05) is 16.1 Å². The van der Waals surface area contributed by atoms with E-state index in [0.717, 1.165) is 23.0 Å². The molecule has 0 bridgehead atoms. The van der Waals surface area contributed by atoms with Gasteiger partial charge in [0.1, 0.15) is 5.75 Å². The van der Waals surface area contributed by atoms with E-state index in [-0.39, 0.29) is 12.5 Å². The number of carbonyl (C=O) groups excluding carboxylic acids is 1. The number of benzene rings is 1. The average Bonchev–Trinajstić information content (AvgIpc) is 2.80. The highest BCUT2D eigenvalue weighted by molar-refractivity contribution is 9.10. The molecular weight excluding hydrogens is 320 g/mol. The third kappa shape index (κ3) is 2.93. The molecule has 1 saturated carbocycles. The number of nitrogens with one attached hydrogen (secondary N) is 1. The molecule has 5 heteroatoms. The van der Waals surface area contributed by atoms with Crippen molar-refractivity contribution < 1.29 is 9.53 Å². The van der Waals surface area contributed by atoms with Gasteiger partial charge in [0.15, 0.2) is 6.61 Å². The van der Waals surface area contributed by atoms with Crippen molar-refractivity contribution in [3.8, 4) is 5.75 Å². The number of allylic oxidation sites excluding steroid dienone is 2. The Balaban J connectivity index is 1.44. The maximum Gasteiger partial charge on any atom is 0.277 e. The van der Waals surface area contributed by atoms with E-state index in [9.17, 15) is 4.79 Å². The number of amides is 1. The fourth-order valence-corrected chi connectivity index (χ4v) is 2.77. The van der Waals surface area contributed by atoms with Gasteiger partial charge in [-0.2, -0.15) is 5.10 Å². The highest BCUT2D eigenvalue weighted by Gasteiger charge is 2.37. The van der Waals surface area contributed by atoms with Gasteiger partial charge < -0.3 is 4.74 Å². The number of carbonyl (C=O) groups is 1. The molecule has 0 heterocycles. The predicted octanol–water partition coefficient (Wildman–Crippen LogP) is 2.90. The van der Waals surface area contributed by atoms with Crippen LogP contribution in [0.2, 0.25) is 0 Å². The molecule has 1 N–H and O–H groups in total. The van der Waals surface area contributed by atoms with E-state index < -0.39 is 0 Å². The first kappa shape index (κ1) is 13.4. The number of halogens is 1. The largest absolute Gasteiger partial charge is 0.484 e. The highest BCUT2D eigenvalue weighted by Crippen LogP contribution is 2.39. The Hall–Kier alpha value is -1.62. The lowest BCUT2D eigenvalue weighted by Crippen LogP contribution is -2.36. The maximum atomic E-state index is 11.7. The fourth-order valence-electron chi connectivity index (χ4n) is 2.51. The van der Waals surface area contributed by atoms with Crippen molar-refractivity contribution in [1.82, 2.24) is 5.43 Å². The first-order valence-corrected chi connectivity index (χ1v) is 7.42. The fraction of sp³-hybridized carbons (Fsp3) is 0.333. The molecule has 0 radical (unpaired) electrons. The van der Waals surface area contributed by atoms with Crippen molar-refractivity contribution in [3.63, 3.8) is 0 Å². The zero-order valence-electron chi connectivity index (χ0n) is 10.9. The van der Waals surface area contributed by atoms with Gasteiger partial charge in [-0.1, -0.05) is 28.1 Å². The Morgan fingerprint density at radius 1 is 1.40 bits per heavy atom. The standard InChI is InChI=1S/C15H15BrN2O2/c16-11-4-6-12(7-5-11)20-9-15(19)18-17-14-8-10-2-1-3-13(10)14/h1-2,4-7,10,13H,3,8-9H2,(H,18,19)/b17-14-/t10-,13+/m0/s1. The van der Waals surface area contributed by atoms with Crippen molar-refractivity contribution in [2.75, 3.05) is 6.61 Å². The van der Waals surface area contributed by atoms with E-state index in [4.69, 9.17) is 4.74 Å². The lowest BCUT2D eigenvalue weighted by atomic mass is 9.74. The smallest absolute Gasteiger partial charge is 0.277 e. The molecule has 1 fully saturated rings. The van der Waals surface area contributed by atoms with Crippen LogP contribution in [-0.4, -0.2) is 18.2 Å². The van der Waals surface area contributed by atoms with Crippen LogP contribution in [0.25, 0.3) is 0 Å². The van der Waals surface area contributed by atoms with Gasteiger partial charge in [0.2, 0.25) is 0 Å². The summed E-state index contributed by atoms with van der Waals surface area (Å²) in [5, 5.41) is 4.19. The summed E-state index contributed by atoms with van der Waals surface area (Å²) in [5.41, 5.74) is 3.66. The number of hydrogen-bond acceptors (Lipinski definition) is 3. The highest BCUT2D eigenvalue weighted by atomic mass is 79.9. The molecule has 0 aliphatic heterocycles. The van der Waals surface area contributed by atoms with Crippen molar-refractivity contribution in [3.05, 3.63) is 40.9 Å². The van der Waals surface area contributed by atoms with Crippen LogP contribution in [0, 0.1) is 11.8 Å². The van der Waals surface area contributed by atoms with Gasteiger partial charge in [-0.25, -0.2) is 5.43 Å². The van der Waals surface area contributed by atoms with E-state index >= 15 is 0 Å². The van der Waals surface area contributed by atoms with Gasteiger partial charge in [-0.05, 0) is 43.0 Å². The normalized spacial score (nSPS) is 25.1. The molecule has 1 aromatic carbocycles. The number of hydrazone groups is 1. The van der Waals surface area contributed by atoms with Crippen LogP contribution >= 0.6 is 15.9 Å². The van der Waals surface area contributed by atoms with Crippen molar-refractivity contribution in [2.45, 2.75) is 12.8 Å². The van der Waals surface area contributed by atoms with Gasteiger partial charge in [0.25, 0.3) is 5.91 Å². The molecule has 0 aromatic heterocycles. The molecule has 20 heavy (non-hydrogen) atoms. The van der Waals surface area contributed by atoms with Crippen LogP contribution in [0.3, 0.4) is 0 Å². The molecular formula is C15H15BrN2O2. The van der Waals surface area contributed by atoms with Crippen LogP contribution < -0.4 is 10.2 Å². The second kappa shape index (κ2) is 5.79. The van der Waals surface area contributed by atoms with Gasteiger partial charge in [-0.15, -0.1) is 0 Å². The Labute approximate surface area is 126 Å². The summed E-state index contributed by atoms with van der Waals surface area (Å²) in [6.45, 7) is -0.0231. The van der Waals surface area contributed by atoms with Crippen molar-refractivity contribution in [1.29, 1.82) is 0 Å². The molecule has 0 spiro atoms. The van der Waals surface area contributed by atoms with Crippen LogP contribution in [0.1, 0.15) is 12.8 Å². The Kier molecular flexibility index (Phi) is 3.87. The average molecular weight is 335 g/mol. The maximum absolute atomic E-state index is 11.7. The van der Waals surface area contributed by atoms with Crippen molar-refractivity contribution in [2.24, 2.45) is 16.9 Å². The minimum atomic E-state index is -0.227. The van der Waals surface area contributed by atoms with E-state index in [2.05, 4.69) is 38.6 Å². The second-order valence-corrected chi connectivity index (χ2v) is 5.93. The van der Waals surface area contributed by atoms with Crippen LogP contribution in [0.4, 0.5) is 0 Å². The van der Waals surface area contributed by atoms with Crippen LogP contribution in [-0.2, 0) is 4.79 Å². The summed E-state index contributed by atoms with van der Waals surface area (Å²) >= 11 is 3.35. The minimum Gasteiger partial charge on any atom is -0.484 e. The summed E-state index contributed by atoms with van der Waals surface area (Å²) in [6.07, 6.45) is 6.45. The Morgan fingerprint density at radius 3 is 2.95 bits per heavy atom. The van der Waals surface area contributed by atoms with Gasteiger partial charge in [0.05, 0.1) is 0 Å². The van der Waals surface area contributed by atoms with E-state index in [1.807, 2.05) is 24.3 Å². The molecule has 2 aliphatic carbocycles. The summed E-state index contributed by atoms with van der Waals surface area (Å²) in [4.78, 5) is 11.7. The molecule has 2 atom stereocenters. The molecule has 104 valence electrons. The summed E-state index contributed by atoms with van der Waals surface area (Å²) in [5.74, 6) is 1.60. The number of rotatable bonds is 4. The molecule has 1 aromatic rings. The van der Waals surface area contributed by atoms with E-state index in [1.54, 1.807) is 0 Å². The first-order chi connectivity index (χ1) is 9.72. The zero-order valence-corrected chi connectivity index (χ0v) is 12.5. The summed E-state index contributed by atoms with van der Waals surface area (Å²) in [6, 6.07) is 7.36. The van der Waals surface area contributed by atoms with E-state index in [1.165, 1.54) is 0 Å². The third-order valence-electron chi connectivity index (χ3n) is 3.67. The monoisotopic (exact) mass is 334 g/mol. The summed E-state index contributed by atoms with van der Waals surface area (Å²) < 4.78 is 6.36. The number of ether oxygens (including phenoxy) is 1. The van der Waals surface area contributed by atoms with Crippen molar-refractivity contribution >= 4 is 27.5 Å². The lowest BCUT2D eigenvalue weighted by molar-refractivity contribution is -0.123.